The highest BCUT2D eigenvalue weighted by Gasteiger charge is 2.42. The van der Waals surface area contributed by atoms with Gasteiger partial charge in [-0.2, -0.15) is 0 Å². The van der Waals surface area contributed by atoms with Crippen LogP contribution >= 0.6 is 0 Å². The molecule has 9 nitrogen and oxygen atoms in total. The zero-order valence-electron chi connectivity index (χ0n) is 19.7. The summed E-state index contributed by atoms with van der Waals surface area (Å²) in [5.74, 6) is 0.336. The van der Waals surface area contributed by atoms with E-state index >= 15 is 0 Å². The Morgan fingerprint density at radius 3 is 2.50 bits per heavy atom. The molecule has 2 heterocycles. The van der Waals surface area contributed by atoms with Crippen LogP contribution < -0.4 is 19.8 Å². The van der Waals surface area contributed by atoms with Crippen molar-refractivity contribution in [2.75, 3.05) is 31.7 Å². The Hall–Kier alpha value is -2.75. The lowest BCUT2D eigenvalue weighted by Gasteiger charge is -2.37. The minimum Gasteiger partial charge on any atom is -0.541 e. The van der Waals surface area contributed by atoms with Crippen molar-refractivity contribution in [1.82, 2.24) is 4.90 Å². The zero-order valence-corrected chi connectivity index (χ0v) is 20.7. The van der Waals surface area contributed by atoms with E-state index in [9.17, 15) is 14.4 Å². The van der Waals surface area contributed by atoms with Crippen LogP contribution in [-0.4, -0.2) is 64.0 Å². The van der Waals surface area contributed by atoms with Crippen molar-refractivity contribution >= 4 is 31.9 Å². The van der Waals surface area contributed by atoms with Gasteiger partial charge in [0.05, 0.1) is 24.4 Å². The normalized spacial score (nSPS) is 18.6. The molecule has 0 aromatic heterocycles. The molecule has 0 unspecified atom stereocenters. The van der Waals surface area contributed by atoms with E-state index in [1.165, 1.54) is 12.0 Å². The van der Waals surface area contributed by atoms with E-state index < -0.39 is 26.9 Å². The van der Waals surface area contributed by atoms with Gasteiger partial charge in [0.2, 0.25) is 0 Å². The van der Waals surface area contributed by atoms with Crippen LogP contribution in [0, 0.1) is 0 Å². The summed E-state index contributed by atoms with van der Waals surface area (Å²) < 4.78 is 16.8. The Bertz CT molecular complexity index is 927. The Morgan fingerprint density at radius 1 is 1.22 bits per heavy atom. The molecule has 0 radical (unpaired) electrons. The number of nitrogens with two attached hydrogens (primary N) is 1. The second-order valence-corrected chi connectivity index (χ2v) is 14.5. The van der Waals surface area contributed by atoms with Crippen LogP contribution in [-0.2, 0) is 9.53 Å². The van der Waals surface area contributed by atoms with Crippen molar-refractivity contribution in [1.29, 1.82) is 0 Å². The van der Waals surface area contributed by atoms with Crippen LogP contribution in [0.25, 0.3) is 0 Å². The number of hydrogen-bond acceptors (Lipinski definition) is 6. The van der Waals surface area contributed by atoms with Crippen molar-refractivity contribution in [2.24, 2.45) is 5.73 Å². The number of nitrogens with zero attached hydrogens (tertiary/aromatic N) is 2. The van der Waals surface area contributed by atoms with Crippen LogP contribution in [0.2, 0.25) is 18.1 Å². The summed E-state index contributed by atoms with van der Waals surface area (Å²) in [6, 6.07) is 3.25. The molecule has 10 heteroatoms. The lowest BCUT2D eigenvalue weighted by Crippen LogP contribution is -2.44. The lowest BCUT2D eigenvalue weighted by molar-refractivity contribution is -0.121. The van der Waals surface area contributed by atoms with Crippen LogP contribution in [0.15, 0.2) is 12.1 Å². The Labute approximate surface area is 189 Å². The number of anilines is 1. The van der Waals surface area contributed by atoms with Gasteiger partial charge in [-0.15, -0.1) is 0 Å². The van der Waals surface area contributed by atoms with Crippen LogP contribution in [0.5, 0.6) is 11.5 Å². The average molecular weight is 464 g/mol. The molecule has 1 aromatic rings. The summed E-state index contributed by atoms with van der Waals surface area (Å²) in [5.41, 5.74) is 5.84. The average Bonchev–Trinajstić information content (AvgIpc) is 3.12. The highest BCUT2D eigenvalue weighted by Crippen LogP contribution is 2.44. The van der Waals surface area contributed by atoms with E-state index in [1.807, 2.05) is 0 Å². The van der Waals surface area contributed by atoms with Crippen molar-refractivity contribution in [2.45, 2.75) is 57.8 Å². The topological polar surface area (TPSA) is 111 Å². The first-order chi connectivity index (χ1) is 14.9. The lowest BCUT2D eigenvalue weighted by atomic mass is 10.1. The number of methoxy groups -OCH3 is 1. The summed E-state index contributed by atoms with van der Waals surface area (Å²) in [4.78, 5) is 40.8. The number of carbonyl (C=O) groups excluding carboxylic acids is 3. The Kier molecular flexibility index (Phi) is 6.46. The van der Waals surface area contributed by atoms with Gasteiger partial charge in [-0.25, -0.2) is 4.79 Å². The number of rotatable bonds is 5. The minimum atomic E-state index is -2.23. The van der Waals surface area contributed by atoms with Crippen molar-refractivity contribution in [3.63, 3.8) is 0 Å². The second kappa shape index (κ2) is 8.65. The molecule has 3 amide bonds. The summed E-state index contributed by atoms with van der Waals surface area (Å²) in [5, 5.41) is -0.0613. The highest BCUT2D eigenvalue weighted by atomic mass is 28.4. The Morgan fingerprint density at radius 2 is 1.91 bits per heavy atom. The molecule has 0 aliphatic carbocycles. The number of amides is 3. The SMILES string of the molecule is COc1cc2c(cc1O[Si](C)(C)C(C)(C)C)N(C(=O)COC(N)=O)C[C@@H]1CCCN1C2=O. The number of fused-ring (bicyclic) bond motifs is 2. The fraction of sp³-hybridized carbons (Fsp3) is 0.591. The van der Waals surface area contributed by atoms with E-state index in [-0.39, 0.29) is 17.0 Å². The van der Waals surface area contributed by atoms with E-state index in [2.05, 4.69) is 33.9 Å². The fourth-order valence-electron chi connectivity index (χ4n) is 3.81. The summed E-state index contributed by atoms with van der Waals surface area (Å²) in [6.45, 7) is 11.1. The van der Waals surface area contributed by atoms with Crippen molar-refractivity contribution < 1.29 is 28.3 Å². The molecule has 2 N–H and O–H groups in total. The molecule has 0 saturated carbocycles. The maximum atomic E-state index is 13.4. The molecule has 1 atom stereocenters. The molecule has 176 valence electrons. The van der Waals surface area contributed by atoms with Gasteiger partial charge in [0, 0.05) is 19.2 Å². The molecule has 32 heavy (non-hydrogen) atoms. The van der Waals surface area contributed by atoms with Crippen molar-refractivity contribution in [3.8, 4) is 11.5 Å². The van der Waals surface area contributed by atoms with Gasteiger partial charge in [0.1, 0.15) is 5.75 Å². The zero-order chi connectivity index (χ0) is 23.8. The first kappa shape index (κ1) is 23.9. The molecular formula is C22H33N3O6Si. The number of primary amides is 1. The smallest absolute Gasteiger partial charge is 0.405 e. The third-order valence-electron chi connectivity index (χ3n) is 6.64. The Balaban J connectivity index is 2.11. The maximum Gasteiger partial charge on any atom is 0.405 e. The molecule has 1 saturated heterocycles. The molecule has 1 aromatic carbocycles. The summed E-state index contributed by atoms with van der Waals surface area (Å²) in [7, 11) is -0.703. The van der Waals surface area contributed by atoms with Crippen molar-refractivity contribution in [3.05, 3.63) is 17.7 Å². The third kappa shape index (κ3) is 4.55. The van der Waals surface area contributed by atoms with E-state index in [0.717, 1.165) is 12.8 Å². The monoisotopic (exact) mass is 463 g/mol. The van der Waals surface area contributed by atoms with Gasteiger partial charge >= 0.3 is 6.09 Å². The number of carbonyl (C=O) groups is 3. The molecule has 0 bridgehead atoms. The van der Waals surface area contributed by atoms with Gasteiger partial charge < -0.3 is 29.4 Å². The van der Waals surface area contributed by atoms with Gasteiger partial charge in [-0.1, -0.05) is 20.8 Å². The van der Waals surface area contributed by atoms with E-state index in [0.29, 0.717) is 35.8 Å². The number of ether oxygens (including phenoxy) is 2. The van der Waals surface area contributed by atoms with Gasteiger partial charge in [0.15, 0.2) is 12.4 Å². The first-order valence-electron chi connectivity index (χ1n) is 10.8. The molecule has 2 aliphatic heterocycles. The molecular weight excluding hydrogens is 430 g/mol. The standard InChI is InChI=1S/C22H33N3O6Si/c1-22(2,3)32(5,6)31-18-11-16-15(10-17(18)29-4)20(27)24-9-7-8-14(24)12-25(16)19(26)13-30-21(23)28/h10-11,14H,7-9,12-13H2,1-6H3,(H2,23,28)/t14-/m0/s1. The predicted molar refractivity (Wildman–Crippen MR) is 123 cm³/mol. The van der Waals surface area contributed by atoms with E-state index in [4.69, 9.17) is 19.6 Å². The third-order valence-corrected chi connectivity index (χ3v) is 11.0. The number of hydrogen-bond donors (Lipinski definition) is 1. The highest BCUT2D eigenvalue weighted by molar-refractivity contribution is 6.74. The molecule has 2 aliphatic rings. The quantitative estimate of drug-likeness (QED) is 0.672. The molecule has 1 fully saturated rings. The molecule has 0 spiro atoms. The van der Waals surface area contributed by atoms with E-state index in [1.54, 1.807) is 17.0 Å². The minimum absolute atomic E-state index is 0.0613. The fourth-order valence-corrected chi connectivity index (χ4v) is 4.83. The predicted octanol–water partition coefficient (Wildman–Crippen LogP) is 3.13. The van der Waals surface area contributed by atoms with Gasteiger partial charge in [-0.3, -0.25) is 9.59 Å². The largest absolute Gasteiger partial charge is 0.541 e. The van der Waals surface area contributed by atoms with Crippen LogP contribution in [0.4, 0.5) is 10.5 Å². The molecule has 3 rings (SSSR count). The van der Waals surface area contributed by atoms with Crippen LogP contribution in [0.1, 0.15) is 44.0 Å². The summed E-state index contributed by atoms with van der Waals surface area (Å²) in [6.07, 6.45) is 0.642. The summed E-state index contributed by atoms with van der Waals surface area (Å²) >= 11 is 0. The van der Waals surface area contributed by atoms with Crippen LogP contribution in [0.3, 0.4) is 0 Å². The maximum absolute atomic E-state index is 13.4. The first-order valence-corrected chi connectivity index (χ1v) is 13.7. The van der Waals surface area contributed by atoms with Gasteiger partial charge in [0.25, 0.3) is 20.1 Å². The number of benzene rings is 1. The second-order valence-electron chi connectivity index (χ2n) is 9.79. The van der Waals surface area contributed by atoms with Gasteiger partial charge in [-0.05, 0) is 37.0 Å².